The number of alkyl halides is 3. The number of hydrogen-bond donors (Lipinski definition) is 2. The van der Waals surface area contributed by atoms with Crippen molar-refractivity contribution in [3.63, 3.8) is 0 Å². The van der Waals surface area contributed by atoms with Crippen LogP contribution in [0.5, 0.6) is 0 Å². The normalized spacial score (nSPS) is 15.7. The number of piperidine rings is 1. The van der Waals surface area contributed by atoms with Crippen LogP contribution in [0.4, 0.5) is 29.1 Å². The molecule has 0 unspecified atom stereocenters. The molecule has 1 fully saturated rings. The largest absolute Gasteiger partial charge is 0.501 e. The summed E-state index contributed by atoms with van der Waals surface area (Å²) in [4.78, 5) is 16.4. The van der Waals surface area contributed by atoms with Crippen molar-refractivity contribution in [1.29, 1.82) is 0 Å². The van der Waals surface area contributed by atoms with Crippen LogP contribution >= 0.6 is 0 Å². The van der Waals surface area contributed by atoms with Gasteiger partial charge in [-0.05, 0) is 37.1 Å². The number of carbonyl (C=O) groups is 1. The average molecular weight is 460 g/mol. The highest BCUT2D eigenvalue weighted by Crippen LogP contribution is 2.35. The third-order valence-electron chi connectivity index (χ3n) is 5.07. The lowest BCUT2D eigenvalue weighted by molar-refractivity contribution is -0.122. The predicted octanol–water partition coefficient (Wildman–Crippen LogP) is 2.83. The van der Waals surface area contributed by atoms with E-state index in [0.717, 1.165) is 12.1 Å². The summed E-state index contributed by atoms with van der Waals surface area (Å²) >= 11 is 0. The van der Waals surface area contributed by atoms with Crippen molar-refractivity contribution in [2.24, 2.45) is 11.7 Å². The number of carbonyl (C=O) groups excluding carboxylic acids is 1. The van der Waals surface area contributed by atoms with Crippen molar-refractivity contribution in [1.82, 2.24) is 4.98 Å². The summed E-state index contributed by atoms with van der Waals surface area (Å²) < 4.78 is 76.2. The van der Waals surface area contributed by atoms with Gasteiger partial charge >= 0.3 is 5.51 Å². The molecule has 3 N–H and O–H groups in total. The molecule has 0 saturated carbocycles. The first-order chi connectivity index (χ1) is 14.5. The second-order valence-corrected chi connectivity index (χ2v) is 9.00. The van der Waals surface area contributed by atoms with Gasteiger partial charge in [-0.2, -0.15) is 13.2 Å². The van der Waals surface area contributed by atoms with Gasteiger partial charge in [-0.1, -0.05) is 6.07 Å². The third kappa shape index (κ3) is 4.89. The van der Waals surface area contributed by atoms with Crippen LogP contribution in [0.15, 0.2) is 41.4 Å². The van der Waals surface area contributed by atoms with Crippen LogP contribution in [-0.2, 0) is 21.2 Å². The molecule has 0 bridgehead atoms. The van der Waals surface area contributed by atoms with Crippen molar-refractivity contribution in [2.45, 2.75) is 29.8 Å². The van der Waals surface area contributed by atoms with E-state index in [1.165, 1.54) is 0 Å². The van der Waals surface area contributed by atoms with Crippen LogP contribution in [0.3, 0.4) is 0 Å². The first-order valence-electron chi connectivity index (χ1n) is 9.33. The Bertz CT molecular complexity index is 1070. The number of primary amides is 1. The highest BCUT2D eigenvalue weighted by atomic mass is 32.2. The number of rotatable bonds is 6. The Balaban J connectivity index is 1.83. The number of amides is 1. The minimum Gasteiger partial charge on any atom is -0.380 e. The first-order valence-corrected chi connectivity index (χ1v) is 10.8. The number of nitrogens with zero attached hydrogens (tertiary/aromatic N) is 2. The van der Waals surface area contributed by atoms with Gasteiger partial charge in [-0.15, -0.1) is 0 Å². The lowest BCUT2D eigenvalue weighted by Gasteiger charge is -2.32. The number of anilines is 2. The van der Waals surface area contributed by atoms with Crippen LogP contribution in [-0.4, -0.2) is 37.9 Å². The monoisotopic (exact) mass is 460 g/mol. The second-order valence-electron chi connectivity index (χ2n) is 7.09. The molecule has 1 amide bonds. The van der Waals surface area contributed by atoms with Crippen LogP contribution in [0.2, 0.25) is 0 Å². The first kappa shape index (κ1) is 22.8. The Morgan fingerprint density at radius 3 is 2.52 bits per heavy atom. The van der Waals surface area contributed by atoms with Crippen LogP contribution < -0.4 is 16.0 Å². The van der Waals surface area contributed by atoms with Crippen LogP contribution in [0.25, 0.3) is 0 Å². The molecule has 0 spiro atoms. The third-order valence-corrected chi connectivity index (χ3v) is 6.60. The Hall–Kier alpha value is -2.89. The van der Waals surface area contributed by atoms with Gasteiger partial charge in [0.2, 0.25) is 5.91 Å². The van der Waals surface area contributed by atoms with Crippen molar-refractivity contribution in [3.8, 4) is 0 Å². The van der Waals surface area contributed by atoms with E-state index < -0.39 is 26.1 Å². The Kier molecular flexibility index (Phi) is 6.39. The molecule has 0 aliphatic carbocycles. The summed E-state index contributed by atoms with van der Waals surface area (Å²) in [5.41, 5.74) is -0.000355. The SMILES string of the molecule is NC(=O)C1CCN(c2ncccc2CNc2ccc(F)cc2S(=O)(=O)C(F)(F)F)CC1. The van der Waals surface area contributed by atoms with Gasteiger partial charge < -0.3 is 16.0 Å². The van der Waals surface area contributed by atoms with Crippen molar-refractivity contribution < 1.29 is 30.8 Å². The Morgan fingerprint density at radius 2 is 1.90 bits per heavy atom. The van der Waals surface area contributed by atoms with E-state index in [9.17, 15) is 30.8 Å². The lowest BCUT2D eigenvalue weighted by atomic mass is 9.96. The molecule has 3 rings (SSSR count). The van der Waals surface area contributed by atoms with Crippen LogP contribution in [0, 0.1) is 11.7 Å². The van der Waals surface area contributed by atoms with Gasteiger partial charge in [0.05, 0.1) is 5.69 Å². The molecule has 7 nitrogen and oxygen atoms in total. The fourth-order valence-electron chi connectivity index (χ4n) is 3.41. The minimum atomic E-state index is -5.75. The summed E-state index contributed by atoms with van der Waals surface area (Å²) in [6, 6.07) is 5.48. The fourth-order valence-corrected chi connectivity index (χ4v) is 4.36. The molecule has 1 aromatic heterocycles. The molecule has 0 atom stereocenters. The molecule has 2 heterocycles. The van der Waals surface area contributed by atoms with Gasteiger partial charge in [0, 0.05) is 37.3 Å². The van der Waals surface area contributed by atoms with E-state index >= 15 is 0 Å². The molecule has 168 valence electrons. The molecule has 0 radical (unpaired) electrons. The molecule has 2 aromatic rings. The van der Waals surface area contributed by atoms with E-state index in [2.05, 4.69) is 10.3 Å². The van der Waals surface area contributed by atoms with Gasteiger partial charge in [0.25, 0.3) is 9.84 Å². The molecular weight excluding hydrogens is 440 g/mol. The van der Waals surface area contributed by atoms with Gasteiger partial charge in [-0.3, -0.25) is 4.79 Å². The molecule has 1 aliphatic heterocycles. The van der Waals surface area contributed by atoms with E-state index in [1.54, 1.807) is 18.3 Å². The summed E-state index contributed by atoms with van der Waals surface area (Å²) in [5, 5.41) is 2.65. The van der Waals surface area contributed by atoms with E-state index in [-0.39, 0.29) is 24.1 Å². The van der Waals surface area contributed by atoms with Gasteiger partial charge in [0.1, 0.15) is 16.5 Å². The molecule has 1 aromatic carbocycles. The number of nitrogens with one attached hydrogen (secondary N) is 1. The summed E-state index contributed by atoms with van der Waals surface area (Å²) in [5.74, 6) is -1.14. The smallest absolute Gasteiger partial charge is 0.380 e. The highest BCUT2D eigenvalue weighted by molar-refractivity contribution is 7.92. The van der Waals surface area contributed by atoms with Crippen LogP contribution in [0.1, 0.15) is 18.4 Å². The van der Waals surface area contributed by atoms with Crippen molar-refractivity contribution in [3.05, 3.63) is 47.9 Å². The maximum atomic E-state index is 13.5. The van der Waals surface area contributed by atoms with Crippen molar-refractivity contribution >= 4 is 27.2 Å². The quantitative estimate of drug-likeness (QED) is 0.643. The topological polar surface area (TPSA) is 105 Å². The summed E-state index contributed by atoms with van der Waals surface area (Å²) in [6.45, 7) is 0.981. The number of nitrogens with two attached hydrogens (primary N) is 1. The lowest BCUT2D eigenvalue weighted by Crippen LogP contribution is -2.39. The number of sulfone groups is 1. The number of benzene rings is 1. The Labute approximate surface area is 176 Å². The van der Waals surface area contributed by atoms with E-state index in [1.807, 2.05) is 4.90 Å². The standard InChI is InChI=1S/C19H20F4N4O3S/c20-14-3-4-15(16(10-14)31(29,30)19(21,22)23)26-11-13-2-1-7-25-18(13)27-8-5-12(6-9-27)17(24)28/h1-4,7,10,12,26H,5-6,8-9,11H2,(H2,24,28). The van der Waals surface area contributed by atoms with Crippen molar-refractivity contribution in [2.75, 3.05) is 23.3 Å². The highest BCUT2D eigenvalue weighted by Gasteiger charge is 2.48. The molecule has 1 saturated heterocycles. The molecular formula is C19H20F4N4O3S. The number of halogens is 4. The average Bonchev–Trinajstić information content (AvgIpc) is 2.72. The van der Waals surface area contributed by atoms with E-state index in [0.29, 0.717) is 43.4 Å². The summed E-state index contributed by atoms with van der Waals surface area (Å²) in [7, 11) is -5.75. The number of hydrogen-bond acceptors (Lipinski definition) is 6. The number of aromatic nitrogens is 1. The molecule has 1 aliphatic rings. The maximum Gasteiger partial charge on any atom is 0.501 e. The number of pyridine rings is 1. The second kappa shape index (κ2) is 8.69. The molecule has 12 heteroatoms. The predicted molar refractivity (Wildman–Crippen MR) is 105 cm³/mol. The zero-order valence-electron chi connectivity index (χ0n) is 16.2. The van der Waals surface area contributed by atoms with E-state index in [4.69, 9.17) is 5.73 Å². The van der Waals surface area contributed by atoms with Gasteiger partial charge in [0.15, 0.2) is 0 Å². The minimum absolute atomic E-state index is 0.0507. The zero-order valence-corrected chi connectivity index (χ0v) is 17.0. The summed E-state index contributed by atoms with van der Waals surface area (Å²) in [6.07, 6.45) is 2.64. The zero-order chi connectivity index (χ0) is 22.8. The maximum absolute atomic E-state index is 13.5. The van der Waals surface area contributed by atoms with Gasteiger partial charge in [-0.25, -0.2) is 17.8 Å². The fraction of sp³-hybridized carbons (Fsp3) is 0.368. The molecule has 31 heavy (non-hydrogen) atoms. The Morgan fingerprint density at radius 1 is 1.23 bits per heavy atom.